The zero-order valence-corrected chi connectivity index (χ0v) is 12.7. The van der Waals surface area contributed by atoms with Gasteiger partial charge in [0.2, 0.25) is 0 Å². The maximum atomic E-state index is 14.3. The second kappa shape index (κ2) is 6.45. The van der Waals surface area contributed by atoms with E-state index in [1.807, 2.05) is 0 Å². The van der Waals surface area contributed by atoms with Crippen LogP contribution in [-0.4, -0.2) is 28.3 Å². The molecular formula is C13H9FN4O4S. The number of benzene rings is 1. The molecule has 0 atom stereocenters. The van der Waals surface area contributed by atoms with Gasteiger partial charge in [0.05, 0.1) is 17.7 Å². The summed E-state index contributed by atoms with van der Waals surface area (Å²) >= 11 is 1.08. The monoisotopic (exact) mass is 336 g/mol. The van der Waals surface area contributed by atoms with Crippen molar-refractivity contribution in [2.75, 3.05) is 13.4 Å². The van der Waals surface area contributed by atoms with Gasteiger partial charge in [0.15, 0.2) is 10.9 Å². The summed E-state index contributed by atoms with van der Waals surface area (Å²) in [4.78, 5) is 28.5. The SMILES string of the molecule is COc1cc(F)c(-c2nc(SC)[nH]c(=O)c2C#N)cc1[N+](=O)[O-]. The maximum Gasteiger partial charge on any atom is 0.311 e. The Labute approximate surface area is 133 Å². The number of nitro groups is 1. The summed E-state index contributed by atoms with van der Waals surface area (Å²) in [5.41, 5.74) is -2.26. The van der Waals surface area contributed by atoms with Gasteiger partial charge in [-0.05, 0) is 6.26 Å². The first kappa shape index (κ1) is 16.4. The molecule has 10 heteroatoms. The fourth-order valence-corrected chi connectivity index (χ4v) is 2.26. The highest BCUT2D eigenvalue weighted by Gasteiger charge is 2.23. The van der Waals surface area contributed by atoms with Gasteiger partial charge in [0, 0.05) is 17.7 Å². The number of rotatable bonds is 4. The normalized spacial score (nSPS) is 10.2. The Morgan fingerprint density at radius 3 is 2.74 bits per heavy atom. The van der Waals surface area contributed by atoms with Crippen LogP contribution in [0.1, 0.15) is 5.56 Å². The van der Waals surface area contributed by atoms with E-state index in [0.29, 0.717) is 0 Å². The molecule has 0 aliphatic heterocycles. The number of nitrogens with zero attached hydrogens (tertiary/aromatic N) is 3. The zero-order chi connectivity index (χ0) is 17.1. The van der Waals surface area contributed by atoms with E-state index in [0.717, 1.165) is 23.9 Å². The van der Waals surface area contributed by atoms with Gasteiger partial charge in [-0.3, -0.25) is 14.9 Å². The predicted octanol–water partition coefficient (Wildman–Crippen LogP) is 2.09. The lowest BCUT2D eigenvalue weighted by atomic mass is 10.1. The summed E-state index contributed by atoms with van der Waals surface area (Å²) in [6, 6.07) is 3.34. The predicted molar refractivity (Wildman–Crippen MR) is 80.0 cm³/mol. The molecule has 0 unspecified atom stereocenters. The fourth-order valence-electron chi connectivity index (χ4n) is 1.88. The maximum absolute atomic E-state index is 14.3. The molecule has 0 fully saturated rings. The number of hydrogen-bond donors (Lipinski definition) is 1. The van der Waals surface area contributed by atoms with Crippen LogP contribution < -0.4 is 10.3 Å². The Balaban J connectivity index is 2.84. The van der Waals surface area contributed by atoms with Crippen molar-refractivity contribution in [3.05, 3.63) is 44.0 Å². The molecule has 0 bridgehead atoms. The number of ether oxygens (including phenoxy) is 1. The first-order valence-electron chi connectivity index (χ1n) is 6.03. The molecule has 8 nitrogen and oxygen atoms in total. The van der Waals surface area contributed by atoms with E-state index in [9.17, 15) is 19.3 Å². The molecular weight excluding hydrogens is 327 g/mol. The summed E-state index contributed by atoms with van der Waals surface area (Å²) in [6.45, 7) is 0. The molecule has 0 spiro atoms. The summed E-state index contributed by atoms with van der Waals surface area (Å²) in [7, 11) is 1.17. The molecule has 1 aromatic carbocycles. The average Bonchev–Trinajstić information content (AvgIpc) is 2.53. The lowest BCUT2D eigenvalue weighted by molar-refractivity contribution is -0.385. The Morgan fingerprint density at radius 2 is 2.22 bits per heavy atom. The van der Waals surface area contributed by atoms with E-state index < -0.39 is 27.6 Å². The standard InChI is InChI=1S/C13H9FN4O4S/c1-22-10-4-8(14)6(3-9(10)18(20)21)11-7(5-15)12(19)17-13(16-11)23-2/h3-4H,1-2H3,(H,16,17,19). The van der Waals surface area contributed by atoms with Crippen molar-refractivity contribution in [2.24, 2.45) is 0 Å². The van der Waals surface area contributed by atoms with Gasteiger partial charge in [-0.15, -0.1) is 0 Å². The van der Waals surface area contributed by atoms with Crippen LogP contribution in [0.4, 0.5) is 10.1 Å². The van der Waals surface area contributed by atoms with Crippen LogP contribution in [0.3, 0.4) is 0 Å². The third-order valence-electron chi connectivity index (χ3n) is 2.92. The summed E-state index contributed by atoms with van der Waals surface area (Å²) in [5.74, 6) is -1.17. The Hall–Kier alpha value is -2.93. The van der Waals surface area contributed by atoms with Crippen molar-refractivity contribution < 1.29 is 14.1 Å². The molecule has 0 amide bonds. The molecule has 1 N–H and O–H groups in total. The average molecular weight is 336 g/mol. The van der Waals surface area contributed by atoms with Crippen LogP contribution >= 0.6 is 11.8 Å². The van der Waals surface area contributed by atoms with E-state index >= 15 is 0 Å². The molecule has 0 aliphatic carbocycles. The number of nitrogens with one attached hydrogen (secondary N) is 1. The van der Waals surface area contributed by atoms with Gasteiger partial charge in [-0.25, -0.2) is 9.37 Å². The molecule has 0 saturated carbocycles. The smallest absolute Gasteiger partial charge is 0.311 e. The number of aromatic amines is 1. The van der Waals surface area contributed by atoms with Gasteiger partial charge in [-0.2, -0.15) is 5.26 Å². The van der Waals surface area contributed by atoms with Crippen molar-refractivity contribution in [1.82, 2.24) is 9.97 Å². The van der Waals surface area contributed by atoms with E-state index in [-0.39, 0.29) is 22.2 Å². The third kappa shape index (κ3) is 3.00. The van der Waals surface area contributed by atoms with Crippen molar-refractivity contribution >= 4 is 17.4 Å². The van der Waals surface area contributed by atoms with Crippen LogP contribution in [0.25, 0.3) is 11.3 Å². The number of nitriles is 1. The molecule has 1 heterocycles. The summed E-state index contributed by atoms with van der Waals surface area (Å²) in [6.07, 6.45) is 1.63. The number of nitro benzene ring substituents is 1. The number of aromatic nitrogens is 2. The van der Waals surface area contributed by atoms with Gasteiger partial charge < -0.3 is 9.72 Å². The lowest BCUT2D eigenvalue weighted by Gasteiger charge is -2.08. The van der Waals surface area contributed by atoms with Crippen molar-refractivity contribution in [3.63, 3.8) is 0 Å². The second-order valence-electron chi connectivity index (χ2n) is 4.17. The molecule has 0 aliphatic rings. The highest BCUT2D eigenvalue weighted by molar-refractivity contribution is 7.98. The van der Waals surface area contributed by atoms with Crippen LogP contribution in [-0.2, 0) is 0 Å². The minimum Gasteiger partial charge on any atom is -0.490 e. The van der Waals surface area contributed by atoms with E-state index in [4.69, 9.17) is 10.00 Å². The largest absolute Gasteiger partial charge is 0.490 e. The molecule has 118 valence electrons. The summed E-state index contributed by atoms with van der Waals surface area (Å²) < 4.78 is 19.0. The number of thioether (sulfide) groups is 1. The minimum atomic E-state index is -0.894. The number of hydrogen-bond acceptors (Lipinski definition) is 7. The first-order chi connectivity index (χ1) is 10.9. The van der Waals surface area contributed by atoms with E-state index in [2.05, 4.69) is 9.97 Å². The number of H-pyrrole nitrogens is 1. The van der Waals surface area contributed by atoms with Gasteiger partial charge in [-0.1, -0.05) is 11.8 Å². The van der Waals surface area contributed by atoms with Crippen molar-refractivity contribution in [2.45, 2.75) is 5.16 Å². The Morgan fingerprint density at radius 1 is 1.52 bits per heavy atom. The number of halogens is 1. The minimum absolute atomic E-state index is 0.155. The van der Waals surface area contributed by atoms with E-state index in [1.54, 1.807) is 12.3 Å². The first-order valence-corrected chi connectivity index (χ1v) is 7.26. The van der Waals surface area contributed by atoms with Crippen LogP contribution in [0.5, 0.6) is 5.75 Å². The molecule has 0 saturated heterocycles. The van der Waals surface area contributed by atoms with E-state index in [1.165, 1.54) is 7.11 Å². The fraction of sp³-hybridized carbons (Fsp3) is 0.154. The van der Waals surface area contributed by atoms with Crippen molar-refractivity contribution in [3.8, 4) is 23.1 Å². The lowest BCUT2D eigenvalue weighted by Crippen LogP contribution is -2.15. The van der Waals surface area contributed by atoms with Crippen molar-refractivity contribution in [1.29, 1.82) is 5.26 Å². The van der Waals surface area contributed by atoms with Gasteiger partial charge in [0.1, 0.15) is 17.4 Å². The van der Waals surface area contributed by atoms with Crippen LogP contribution in [0, 0.1) is 27.3 Å². The Kier molecular flexibility index (Phi) is 4.61. The molecule has 2 rings (SSSR count). The molecule has 0 radical (unpaired) electrons. The third-order valence-corrected chi connectivity index (χ3v) is 3.50. The van der Waals surface area contributed by atoms with Crippen LogP contribution in [0.2, 0.25) is 0 Å². The van der Waals surface area contributed by atoms with Gasteiger partial charge >= 0.3 is 5.69 Å². The van der Waals surface area contributed by atoms with Crippen LogP contribution in [0.15, 0.2) is 22.1 Å². The second-order valence-corrected chi connectivity index (χ2v) is 4.97. The summed E-state index contributed by atoms with van der Waals surface area (Å²) in [5, 5.41) is 20.3. The molecule has 23 heavy (non-hydrogen) atoms. The Bertz CT molecular complexity index is 891. The quantitative estimate of drug-likeness (QED) is 0.392. The molecule has 1 aromatic heterocycles. The highest BCUT2D eigenvalue weighted by atomic mass is 32.2. The number of methoxy groups -OCH3 is 1. The van der Waals surface area contributed by atoms with Gasteiger partial charge in [0.25, 0.3) is 5.56 Å². The topological polar surface area (TPSA) is 122 Å². The highest BCUT2D eigenvalue weighted by Crippen LogP contribution is 2.34. The molecule has 2 aromatic rings. The zero-order valence-electron chi connectivity index (χ0n) is 11.9.